The van der Waals surface area contributed by atoms with Gasteiger partial charge in [-0.3, -0.25) is 4.79 Å². The SMILES string of the molecule is O=C(c1cnn2ccccc12)N1CCC(OCCO)CC1. The van der Waals surface area contributed by atoms with Crippen molar-refractivity contribution < 1.29 is 14.6 Å². The van der Waals surface area contributed by atoms with Crippen LogP contribution in [0.25, 0.3) is 5.52 Å². The molecule has 0 atom stereocenters. The lowest BCUT2D eigenvalue weighted by atomic mass is 10.1. The van der Waals surface area contributed by atoms with E-state index >= 15 is 0 Å². The average Bonchev–Trinajstić information content (AvgIpc) is 2.97. The van der Waals surface area contributed by atoms with Crippen molar-refractivity contribution in [1.29, 1.82) is 0 Å². The number of aliphatic hydroxyl groups is 1. The molecule has 0 aliphatic carbocycles. The smallest absolute Gasteiger partial charge is 0.257 e. The summed E-state index contributed by atoms with van der Waals surface area (Å²) >= 11 is 0. The van der Waals surface area contributed by atoms with E-state index in [1.54, 1.807) is 10.7 Å². The summed E-state index contributed by atoms with van der Waals surface area (Å²) in [5.41, 5.74) is 1.48. The first kappa shape index (κ1) is 14.0. The molecular formula is C15H19N3O3. The summed E-state index contributed by atoms with van der Waals surface area (Å²) in [5, 5.41) is 13.0. The molecule has 21 heavy (non-hydrogen) atoms. The summed E-state index contributed by atoms with van der Waals surface area (Å²) in [6.45, 7) is 1.77. The van der Waals surface area contributed by atoms with E-state index in [4.69, 9.17) is 9.84 Å². The van der Waals surface area contributed by atoms with E-state index in [1.165, 1.54) is 0 Å². The number of ether oxygens (including phenoxy) is 1. The molecule has 3 rings (SSSR count). The zero-order valence-electron chi connectivity index (χ0n) is 11.8. The molecule has 0 spiro atoms. The van der Waals surface area contributed by atoms with Crippen LogP contribution in [-0.2, 0) is 4.74 Å². The number of piperidine rings is 1. The van der Waals surface area contributed by atoms with Crippen molar-refractivity contribution in [3.05, 3.63) is 36.2 Å². The van der Waals surface area contributed by atoms with E-state index < -0.39 is 0 Å². The number of rotatable bonds is 4. The van der Waals surface area contributed by atoms with E-state index in [0.717, 1.165) is 18.4 Å². The lowest BCUT2D eigenvalue weighted by Gasteiger charge is -2.31. The summed E-state index contributed by atoms with van der Waals surface area (Å²) in [4.78, 5) is 14.4. The lowest BCUT2D eigenvalue weighted by molar-refractivity contribution is -0.00550. The minimum Gasteiger partial charge on any atom is -0.394 e. The van der Waals surface area contributed by atoms with E-state index in [2.05, 4.69) is 5.10 Å². The van der Waals surface area contributed by atoms with Gasteiger partial charge in [-0.15, -0.1) is 0 Å². The van der Waals surface area contributed by atoms with Gasteiger partial charge in [-0.2, -0.15) is 5.10 Å². The van der Waals surface area contributed by atoms with Crippen molar-refractivity contribution >= 4 is 11.4 Å². The standard InChI is InChI=1S/C15H19N3O3/c19-9-10-21-12-4-7-17(8-5-12)15(20)13-11-16-18-6-2-1-3-14(13)18/h1-3,6,11-12,19H,4-5,7-10H2. The van der Waals surface area contributed by atoms with Gasteiger partial charge < -0.3 is 14.7 Å². The summed E-state index contributed by atoms with van der Waals surface area (Å²) in [6, 6.07) is 5.69. The van der Waals surface area contributed by atoms with Crippen LogP contribution in [0.2, 0.25) is 0 Å². The molecule has 0 bridgehead atoms. The maximum Gasteiger partial charge on any atom is 0.257 e. The Bertz CT molecular complexity index is 617. The lowest BCUT2D eigenvalue weighted by Crippen LogP contribution is -2.41. The van der Waals surface area contributed by atoms with Gasteiger partial charge in [-0.25, -0.2) is 4.52 Å². The second-order valence-corrected chi connectivity index (χ2v) is 5.17. The van der Waals surface area contributed by atoms with Crippen LogP contribution in [0.1, 0.15) is 23.2 Å². The first-order chi connectivity index (χ1) is 10.3. The van der Waals surface area contributed by atoms with Gasteiger partial charge in [0.15, 0.2) is 0 Å². The number of aliphatic hydroxyl groups excluding tert-OH is 1. The minimum absolute atomic E-state index is 0.0248. The molecule has 1 amide bonds. The van der Waals surface area contributed by atoms with Crippen molar-refractivity contribution in [3.8, 4) is 0 Å². The second-order valence-electron chi connectivity index (χ2n) is 5.17. The van der Waals surface area contributed by atoms with Crippen molar-refractivity contribution in [2.45, 2.75) is 18.9 Å². The predicted octanol–water partition coefficient (Wildman–Crippen LogP) is 0.948. The highest BCUT2D eigenvalue weighted by Gasteiger charge is 2.25. The highest BCUT2D eigenvalue weighted by molar-refractivity contribution is 6.00. The maximum absolute atomic E-state index is 12.6. The quantitative estimate of drug-likeness (QED) is 0.910. The van der Waals surface area contributed by atoms with Crippen LogP contribution >= 0.6 is 0 Å². The number of pyridine rings is 1. The second kappa shape index (κ2) is 6.24. The molecule has 0 aromatic carbocycles. The van der Waals surface area contributed by atoms with Crippen molar-refractivity contribution in [1.82, 2.24) is 14.5 Å². The molecule has 6 heteroatoms. The molecule has 3 heterocycles. The number of carbonyl (C=O) groups is 1. The zero-order valence-corrected chi connectivity index (χ0v) is 11.8. The number of aromatic nitrogens is 2. The number of fused-ring (bicyclic) bond motifs is 1. The minimum atomic E-state index is 0.0248. The summed E-state index contributed by atoms with van der Waals surface area (Å²) in [5.74, 6) is 0.0248. The van der Waals surface area contributed by atoms with E-state index in [0.29, 0.717) is 25.3 Å². The number of hydrogen-bond acceptors (Lipinski definition) is 4. The fourth-order valence-corrected chi connectivity index (χ4v) is 2.71. The van der Waals surface area contributed by atoms with Crippen LogP contribution < -0.4 is 0 Å². The Labute approximate surface area is 122 Å². The van der Waals surface area contributed by atoms with Gasteiger partial charge >= 0.3 is 0 Å². The van der Waals surface area contributed by atoms with E-state index in [9.17, 15) is 4.79 Å². The number of amides is 1. The molecule has 0 saturated carbocycles. The highest BCUT2D eigenvalue weighted by atomic mass is 16.5. The molecular weight excluding hydrogens is 270 g/mol. The van der Waals surface area contributed by atoms with Gasteiger partial charge in [0.25, 0.3) is 5.91 Å². The fraction of sp³-hybridized carbons (Fsp3) is 0.467. The number of carbonyl (C=O) groups excluding carboxylic acids is 1. The van der Waals surface area contributed by atoms with Gasteiger partial charge in [-0.1, -0.05) is 6.07 Å². The van der Waals surface area contributed by atoms with E-state index in [1.807, 2.05) is 29.3 Å². The normalized spacial score (nSPS) is 16.5. The molecule has 1 aliphatic rings. The predicted molar refractivity (Wildman–Crippen MR) is 77.2 cm³/mol. The largest absolute Gasteiger partial charge is 0.394 e. The van der Waals surface area contributed by atoms with Crippen molar-refractivity contribution in [2.24, 2.45) is 0 Å². The fourth-order valence-electron chi connectivity index (χ4n) is 2.71. The Hall–Kier alpha value is -1.92. The molecule has 1 saturated heterocycles. The molecule has 0 radical (unpaired) electrons. The zero-order chi connectivity index (χ0) is 14.7. The Morgan fingerprint density at radius 2 is 2.19 bits per heavy atom. The Kier molecular flexibility index (Phi) is 4.17. The third kappa shape index (κ3) is 2.91. The van der Waals surface area contributed by atoms with Gasteiger partial charge in [0.05, 0.1) is 36.6 Å². The van der Waals surface area contributed by atoms with Crippen LogP contribution in [0, 0.1) is 0 Å². The molecule has 1 N–H and O–H groups in total. The van der Waals surface area contributed by atoms with Gasteiger partial charge in [0.2, 0.25) is 0 Å². The number of hydrogen-bond donors (Lipinski definition) is 1. The van der Waals surface area contributed by atoms with Crippen LogP contribution in [0.4, 0.5) is 0 Å². The summed E-state index contributed by atoms with van der Waals surface area (Å²) in [6.07, 6.45) is 5.23. The van der Waals surface area contributed by atoms with Gasteiger partial charge in [0, 0.05) is 19.3 Å². The van der Waals surface area contributed by atoms with Crippen LogP contribution in [0.3, 0.4) is 0 Å². The third-order valence-electron chi connectivity index (χ3n) is 3.83. The summed E-state index contributed by atoms with van der Waals surface area (Å²) in [7, 11) is 0. The maximum atomic E-state index is 12.6. The Balaban J connectivity index is 1.67. The Morgan fingerprint density at radius 3 is 2.95 bits per heavy atom. The molecule has 1 aliphatic heterocycles. The first-order valence-corrected chi connectivity index (χ1v) is 7.23. The van der Waals surface area contributed by atoms with E-state index in [-0.39, 0.29) is 18.6 Å². The number of likely N-dealkylation sites (tertiary alicyclic amines) is 1. The highest BCUT2D eigenvalue weighted by Crippen LogP contribution is 2.18. The van der Waals surface area contributed by atoms with Crippen LogP contribution in [-0.4, -0.2) is 57.9 Å². The molecule has 2 aromatic heterocycles. The van der Waals surface area contributed by atoms with Gasteiger partial charge in [-0.05, 0) is 25.0 Å². The molecule has 2 aromatic rings. The number of nitrogens with zero attached hydrogens (tertiary/aromatic N) is 3. The first-order valence-electron chi connectivity index (χ1n) is 7.23. The summed E-state index contributed by atoms with van der Waals surface area (Å²) < 4.78 is 7.23. The Morgan fingerprint density at radius 1 is 1.38 bits per heavy atom. The monoisotopic (exact) mass is 289 g/mol. The van der Waals surface area contributed by atoms with Crippen LogP contribution in [0.15, 0.2) is 30.6 Å². The van der Waals surface area contributed by atoms with Gasteiger partial charge in [0.1, 0.15) is 0 Å². The van der Waals surface area contributed by atoms with Crippen molar-refractivity contribution in [2.75, 3.05) is 26.3 Å². The molecule has 0 unspecified atom stereocenters. The third-order valence-corrected chi connectivity index (χ3v) is 3.83. The van der Waals surface area contributed by atoms with Crippen LogP contribution in [0.5, 0.6) is 0 Å². The molecule has 112 valence electrons. The van der Waals surface area contributed by atoms with Crippen molar-refractivity contribution in [3.63, 3.8) is 0 Å². The molecule has 6 nitrogen and oxygen atoms in total. The molecule has 1 fully saturated rings. The topological polar surface area (TPSA) is 67.1 Å². The average molecular weight is 289 g/mol.